The van der Waals surface area contributed by atoms with Crippen molar-refractivity contribution in [3.8, 4) is 0 Å². The lowest BCUT2D eigenvalue weighted by Crippen LogP contribution is -2.33. The highest BCUT2D eigenvalue weighted by molar-refractivity contribution is 7.80. The Hall–Kier alpha value is -1.10. The van der Waals surface area contributed by atoms with E-state index in [0.717, 1.165) is 0 Å². The van der Waals surface area contributed by atoms with Crippen molar-refractivity contribution in [2.45, 2.75) is 6.92 Å². The van der Waals surface area contributed by atoms with E-state index in [2.05, 4.69) is 17.5 Å². The number of carbonyl (C=O) groups excluding carboxylic acids is 1. The second-order valence-corrected chi connectivity index (χ2v) is 2.05. The van der Waals surface area contributed by atoms with Gasteiger partial charge in [0.15, 0.2) is 5.11 Å². The Morgan fingerprint density at radius 2 is 2.45 bits per heavy atom. The van der Waals surface area contributed by atoms with Gasteiger partial charge >= 0.3 is 0 Å². The summed E-state index contributed by atoms with van der Waals surface area (Å²) in [7, 11) is 0. The number of rotatable bonds is 3. The average Bonchev–Trinajstić information content (AvgIpc) is 1.86. The first-order chi connectivity index (χ1) is 5.16. The molecule has 11 heavy (non-hydrogen) atoms. The van der Waals surface area contributed by atoms with Gasteiger partial charge in [-0.1, -0.05) is 0 Å². The Balaban J connectivity index is 3.60. The SMILES string of the molecule is CCOC=CC(=O)NC(N)=S. The number of carbonyl (C=O) groups is 1. The van der Waals surface area contributed by atoms with Crippen molar-refractivity contribution in [2.75, 3.05) is 6.61 Å². The second kappa shape index (κ2) is 5.67. The average molecular weight is 174 g/mol. The van der Waals surface area contributed by atoms with Crippen molar-refractivity contribution in [2.24, 2.45) is 5.73 Å². The first-order valence-corrected chi connectivity index (χ1v) is 3.46. The molecule has 0 saturated carbocycles. The third-order valence-electron chi connectivity index (χ3n) is 0.729. The summed E-state index contributed by atoms with van der Waals surface area (Å²) in [5, 5.41) is 2.16. The van der Waals surface area contributed by atoms with Crippen molar-refractivity contribution < 1.29 is 9.53 Å². The number of amides is 1. The van der Waals surface area contributed by atoms with Crippen LogP contribution in [0.2, 0.25) is 0 Å². The Bertz CT molecular complexity index is 179. The van der Waals surface area contributed by atoms with Crippen LogP contribution >= 0.6 is 12.2 Å². The summed E-state index contributed by atoms with van der Waals surface area (Å²) in [5.74, 6) is -0.383. The standard InChI is InChI=1S/C6H10N2O2S/c1-2-10-4-3-5(9)8-6(7)11/h3-4H,2H2,1H3,(H3,7,8,9,11). The molecule has 0 atom stereocenters. The number of ether oxygens (including phenoxy) is 1. The predicted octanol–water partition coefficient (Wildman–Crippen LogP) is -0.104. The van der Waals surface area contributed by atoms with E-state index in [4.69, 9.17) is 10.5 Å². The zero-order valence-electron chi connectivity index (χ0n) is 6.16. The Kier molecular flexibility index (Phi) is 5.10. The van der Waals surface area contributed by atoms with Crippen LogP contribution in [-0.4, -0.2) is 17.6 Å². The molecule has 0 radical (unpaired) electrons. The van der Waals surface area contributed by atoms with Gasteiger partial charge in [-0.05, 0) is 19.1 Å². The Morgan fingerprint density at radius 1 is 1.82 bits per heavy atom. The van der Waals surface area contributed by atoms with Gasteiger partial charge in [-0.25, -0.2) is 0 Å². The first kappa shape index (κ1) is 9.90. The van der Waals surface area contributed by atoms with Crippen molar-refractivity contribution in [1.82, 2.24) is 5.32 Å². The third-order valence-corrected chi connectivity index (χ3v) is 0.831. The largest absolute Gasteiger partial charge is 0.501 e. The van der Waals surface area contributed by atoms with Crippen LogP contribution in [-0.2, 0) is 9.53 Å². The van der Waals surface area contributed by atoms with Crippen LogP contribution in [0.4, 0.5) is 0 Å². The molecule has 0 aliphatic carbocycles. The number of nitrogens with two attached hydrogens (primary N) is 1. The van der Waals surface area contributed by atoms with Crippen LogP contribution in [0.3, 0.4) is 0 Å². The summed E-state index contributed by atoms with van der Waals surface area (Å²) < 4.78 is 4.76. The quantitative estimate of drug-likeness (QED) is 0.356. The maximum absolute atomic E-state index is 10.7. The predicted molar refractivity (Wildman–Crippen MR) is 45.7 cm³/mol. The molecule has 0 aromatic carbocycles. The highest BCUT2D eigenvalue weighted by Gasteiger charge is 1.93. The minimum Gasteiger partial charge on any atom is -0.501 e. The van der Waals surface area contributed by atoms with Crippen molar-refractivity contribution in [1.29, 1.82) is 0 Å². The van der Waals surface area contributed by atoms with E-state index < -0.39 is 0 Å². The fourth-order valence-corrected chi connectivity index (χ4v) is 0.470. The molecule has 0 bridgehead atoms. The van der Waals surface area contributed by atoms with Crippen LogP contribution in [0.15, 0.2) is 12.3 Å². The molecule has 0 fully saturated rings. The van der Waals surface area contributed by atoms with E-state index in [1.807, 2.05) is 6.92 Å². The van der Waals surface area contributed by atoms with Gasteiger partial charge in [-0.2, -0.15) is 0 Å². The Morgan fingerprint density at radius 3 is 2.91 bits per heavy atom. The lowest BCUT2D eigenvalue weighted by Gasteiger charge is -1.96. The third kappa shape index (κ3) is 6.79. The van der Waals surface area contributed by atoms with Gasteiger partial charge in [0, 0.05) is 6.08 Å². The summed E-state index contributed by atoms with van der Waals surface area (Å²) in [6.45, 7) is 2.34. The molecule has 0 aliphatic rings. The van der Waals surface area contributed by atoms with E-state index in [0.29, 0.717) is 6.61 Å². The van der Waals surface area contributed by atoms with Gasteiger partial charge in [0.25, 0.3) is 5.91 Å². The molecule has 0 unspecified atom stereocenters. The minimum atomic E-state index is -0.383. The van der Waals surface area contributed by atoms with Gasteiger partial charge in [-0.15, -0.1) is 0 Å². The molecule has 5 heteroatoms. The lowest BCUT2D eigenvalue weighted by atomic mass is 10.6. The highest BCUT2D eigenvalue weighted by Crippen LogP contribution is 1.76. The molecule has 3 N–H and O–H groups in total. The van der Waals surface area contributed by atoms with Crippen LogP contribution < -0.4 is 11.1 Å². The summed E-state index contributed by atoms with van der Waals surface area (Å²) in [6.07, 6.45) is 2.50. The summed E-state index contributed by atoms with van der Waals surface area (Å²) in [6, 6.07) is 0. The van der Waals surface area contributed by atoms with Crippen molar-refractivity contribution in [3.63, 3.8) is 0 Å². The molecule has 0 rings (SSSR count). The van der Waals surface area contributed by atoms with Crippen LogP contribution in [0.1, 0.15) is 6.92 Å². The highest BCUT2D eigenvalue weighted by atomic mass is 32.1. The first-order valence-electron chi connectivity index (χ1n) is 3.05. The molecule has 0 aromatic heterocycles. The molecule has 4 nitrogen and oxygen atoms in total. The zero-order chi connectivity index (χ0) is 8.69. The molecule has 0 spiro atoms. The maximum Gasteiger partial charge on any atom is 0.253 e. The van der Waals surface area contributed by atoms with Crippen LogP contribution in [0, 0.1) is 0 Å². The summed E-state index contributed by atoms with van der Waals surface area (Å²) in [4.78, 5) is 10.7. The number of thiocarbonyl (C=S) groups is 1. The van der Waals surface area contributed by atoms with E-state index >= 15 is 0 Å². The fraction of sp³-hybridized carbons (Fsp3) is 0.333. The van der Waals surface area contributed by atoms with E-state index in [-0.39, 0.29) is 11.0 Å². The van der Waals surface area contributed by atoms with E-state index in [1.165, 1.54) is 12.3 Å². The van der Waals surface area contributed by atoms with Gasteiger partial charge in [0.1, 0.15) is 0 Å². The van der Waals surface area contributed by atoms with Gasteiger partial charge in [-0.3, -0.25) is 10.1 Å². The monoisotopic (exact) mass is 174 g/mol. The molecule has 62 valence electrons. The lowest BCUT2D eigenvalue weighted by molar-refractivity contribution is -0.115. The topological polar surface area (TPSA) is 64.3 Å². The molecule has 0 aliphatic heterocycles. The molecular weight excluding hydrogens is 164 g/mol. The maximum atomic E-state index is 10.7. The molecule has 1 amide bonds. The van der Waals surface area contributed by atoms with Crippen LogP contribution in [0.25, 0.3) is 0 Å². The van der Waals surface area contributed by atoms with Gasteiger partial charge in [0.05, 0.1) is 12.9 Å². The molecule has 0 aromatic rings. The van der Waals surface area contributed by atoms with Gasteiger partial charge in [0.2, 0.25) is 0 Å². The molecule has 0 heterocycles. The zero-order valence-corrected chi connectivity index (χ0v) is 6.98. The number of hydrogen-bond donors (Lipinski definition) is 2. The smallest absolute Gasteiger partial charge is 0.253 e. The normalized spacial score (nSPS) is 9.55. The molecular formula is C6H10N2O2S. The van der Waals surface area contributed by atoms with Crippen molar-refractivity contribution >= 4 is 23.2 Å². The summed E-state index contributed by atoms with van der Waals surface area (Å²) >= 11 is 4.42. The minimum absolute atomic E-state index is 0.0452. The van der Waals surface area contributed by atoms with Gasteiger partial charge < -0.3 is 10.5 Å². The second-order valence-electron chi connectivity index (χ2n) is 1.61. The Labute approximate surface area is 70.4 Å². The number of hydrogen-bond acceptors (Lipinski definition) is 3. The van der Waals surface area contributed by atoms with E-state index in [1.54, 1.807) is 0 Å². The number of nitrogens with one attached hydrogen (secondary N) is 1. The fourth-order valence-electron chi connectivity index (χ4n) is 0.369. The summed E-state index contributed by atoms with van der Waals surface area (Å²) in [5.41, 5.74) is 5.02. The molecule has 0 saturated heterocycles. The van der Waals surface area contributed by atoms with E-state index in [9.17, 15) is 4.79 Å². The van der Waals surface area contributed by atoms with Crippen LogP contribution in [0.5, 0.6) is 0 Å². The van der Waals surface area contributed by atoms with Crippen molar-refractivity contribution in [3.05, 3.63) is 12.3 Å².